The summed E-state index contributed by atoms with van der Waals surface area (Å²) in [7, 11) is 2.89. The van der Waals surface area contributed by atoms with E-state index in [1.54, 1.807) is 24.3 Å². The molecule has 0 saturated carbocycles. The van der Waals surface area contributed by atoms with Crippen LogP contribution in [0.2, 0.25) is 0 Å². The van der Waals surface area contributed by atoms with E-state index in [9.17, 15) is 13.2 Å². The first-order valence-corrected chi connectivity index (χ1v) is 7.00. The van der Waals surface area contributed by atoms with Crippen molar-refractivity contribution >= 4 is 25.5 Å². The van der Waals surface area contributed by atoms with Gasteiger partial charge in [0.25, 0.3) is 0 Å². The van der Waals surface area contributed by atoms with Gasteiger partial charge in [0, 0.05) is 22.7 Å². The second kappa shape index (κ2) is 5.32. The number of ether oxygens (including phenoxy) is 1. The van der Waals surface area contributed by atoms with Gasteiger partial charge in [0.2, 0.25) is 9.05 Å². The molecule has 16 heavy (non-hydrogen) atoms. The molecule has 0 fully saturated rings. The van der Waals surface area contributed by atoms with Gasteiger partial charge in [-0.2, -0.15) is 0 Å². The summed E-state index contributed by atoms with van der Waals surface area (Å²) in [4.78, 5) is 11.6. The molecule has 1 aromatic rings. The number of hydrogen-bond donors (Lipinski definition) is 0. The van der Waals surface area contributed by atoms with Gasteiger partial charge in [0.05, 0.1) is 12.9 Å². The number of methoxy groups -OCH3 is 1. The minimum absolute atomic E-state index is 0.126. The van der Waals surface area contributed by atoms with Crippen molar-refractivity contribution in [2.24, 2.45) is 0 Å². The van der Waals surface area contributed by atoms with E-state index < -0.39 is 9.05 Å². The lowest BCUT2D eigenvalue weighted by molar-refractivity contribution is 0.0988. The summed E-state index contributed by atoms with van der Waals surface area (Å²) >= 11 is 0. The maximum atomic E-state index is 11.6. The maximum Gasteiger partial charge on any atom is 0.233 e. The summed E-state index contributed by atoms with van der Waals surface area (Å²) in [5.41, 5.74) is 0.416. The predicted octanol–water partition coefficient (Wildman–Crippen LogP) is 1.84. The van der Waals surface area contributed by atoms with Gasteiger partial charge in [-0.25, -0.2) is 8.42 Å². The van der Waals surface area contributed by atoms with E-state index in [2.05, 4.69) is 0 Å². The molecule has 0 N–H and O–H groups in total. The van der Waals surface area contributed by atoms with Crippen molar-refractivity contribution in [2.45, 2.75) is 6.42 Å². The lowest BCUT2D eigenvalue weighted by atomic mass is 10.1. The van der Waals surface area contributed by atoms with Crippen LogP contribution in [0.3, 0.4) is 0 Å². The molecule has 0 spiro atoms. The summed E-state index contributed by atoms with van der Waals surface area (Å²) < 4.78 is 26.3. The molecule has 0 amide bonds. The lowest BCUT2D eigenvalue weighted by Gasteiger charge is -2.02. The summed E-state index contributed by atoms with van der Waals surface area (Å²) in [5.74, 6) is -0.0763. The minimum atomic E-state index is -3.62. The number of hydrogen-bond acceptors (Lipinski definition) is 4. The second-order valence-electron chi connectivity index (χ2n) is 3.15. The maximum absolute atomic E-state index is 11.6. The molecule has 0 radical (unpaired) electrons. The van der Waals surface area contributed by atoms with E-state index in [4.69, 9.17) is 15.4 Å². The molecular formula is C10H11ClO4S. The zero-order chi connectivity index (χ0) is 12.2. The molecule has 1 rings (SSSR count). The molecule has 88 valence electrons. The Morgan fingerprint density at radius 3 is 2.69 bits per heavy atom. The van der Waals surface area contributed by atoms with Crippen LogP contribution in [0, 0.1) is 0 Å². The van der Waals surface area contributed by atoms with Crippen molar-refractivity contribution in [1.82, 2.24) is 0 Å². The molecule has 0 aliphatic rings. The van der Waals surface area contributed by atoms with Gasteiger partial charge in [-0.1, -0.05) is 12.1 Å². The number of ketones is 1. The Morgan fingerprint density at radius 1 is 1.44 bits per heavy atom. The van der Waals surface area contributed by atoms with E-state index in [0.717, 1.165) is 0 Å². The smallest absolute Gasteiger partial charge is 0.233 e. The van der Waals surface area contributed by atoms with Crippen LogP contribution in [0.1, 0.15) is 16.8 Å². The zero-order valence-electron chi connectivity index (χ0n) is 8.64. The zero-order valence-corrected chi connectivity index (χ0v) is 10.2. The van der Waals surface area contributed by atoms with E-state index >= 15 is 0 Å². The van der Waals surface area contributed by atoms with Gasteiger partial charge in [-0.15, -0.1) is 0 Å². The van der Waals surface area contributed by atoms with Crippen LogP contribution in [-0.4, -0.2) is 27.1 Å². The number of benzene rings is 1. The topological polar surface area (TPSA) is 60.4 Å². The first-order valence-electron chi connectivity index (χ1n) is 4.52. The Kier molecular flexibility index (Phi) is 4.32. The number of rotatable bonds is 5. The summed E-state index contributed by atoms with van der Waals surface area (Å²) in [6, 6.07) is 6.53. The Balaban J connectivity index is 2.73. The van der Waals surface area contributed by atoms with Gasteiger partial charge in [-0.3, -0.25) is 4.79 Å². The predicted molar refractivity (Wildman–Crippen MR) is 61.6 cm³/mol. The molecule has 0 aliphatic carbocycles. The molecule has 0 aliphatic heterocycles. The van der Waals surface area contributed by atoms with Crippen LogP contribution in [0.25, 0.3) is 0 Å². The Labute approximate surface area is 98.6 Å². The van der Waals surface area contributed by atoms with Gasteiger partial charge < -0.3 is 4.74 Å². The minimum Gasteiger partial charge on any atom is -0.497 e. The number of carbonyl (C=O) groups excluding carboxylic acids is 1. The Bertz CT molecular complexity index is 481. The molecule has 1 aromatic carbocycles. The van der Waals surface area contributed by atoms with Gasteiger partial charge in [0.1, 0.15) is 5.75 Å². The number of Topliss-reactive ketones (excluding diaryl/α,β-unsaturated/α-hetero) is 1. The first-order chi connectivity index (χ1) is 7.42. The third kappa shape index (κ3) is 4.20. The van der Waals surface area contributed by atoms with Crippen LogP contribution < -0.4 is 4.74 Å². The van der Waals surface area contributed by atoms with Crippen LogP contribution in [0.15, 0.2) is 24.3 Å². The van der Waals surface area contributed by atoms with Crippen molar-refractivity contribution in [3.8, 4) is 5.75 Å². The highest BCUT2D eigenvalue weighted by Gasteiger charge is 2.12. The number of halogens is 1. The van der Waals surface area contributed by atoms with Gasteiger partial charge >= 0.3 is 0 Å². The summed E-state index contributed by atoms with van der Waals surface area (Å²) in [5, 5.41) is 0. The molecule has 0 atom stereocenters. The van der Waals surface area contributed by atoms with E-state index in [1.165, 1.54) is 7.11 Å². The average molecular weight is 263 g/mol. The highest BCUT2D eigenvalue weighted by Crippen LogP contribution is 2.14. The highest BCUT2D eigenvalue weighted by molar-refractivity contribution is 8.13. The van der Waals surface area contributed by atoms with Gasteiger partial charge in [-0.05, 0) is 12.1 Å². The molecule has 0 unspecified atom stereocenters. The quantitative estimate of drug-likeness (QED) is 0.600. The average Bonchev–Trinajstić information content (AvgIpc) is 2.25. The highest BCUT2D eigenvalue weighted by atomic mass is 35.7. The molecule has 0 bridgehead atoms. The Morgan fingerprint density at radius 2 is 2.12 bits per heavy atom. The monoisotopic (exact) mass is 262 g/mol. The van der Waals surface area contributed by atoms with Crippen LogP contribution >= 0.6 is 10.7 Å². The van der Waals surface area contributed by atoms with Crippen LogP contribution in [-0.2, 0) is 9.05 Å². The standard InChI is InChI=1S/C10H11ClO4S/c1-15-9-4-2-3-8(7-9)10(12)5-6-16(11,13)14/h2-4,7H,5-6H2,1H3. The van der Waals surface area contributed by atoms with Crippen molar-refractivity contribution in [3.05, 3.63) is 29.8 Å². The fourth-order valence-electron chi connectivity index (χ4n) is 1.16. The SMILES string of the molecule is COc1cccc(C(=O)CCS(=O)(=O)Cl)c1. The first kappa shape index (κ1) is 13.0. The van der Waals surface area contributed by atoms with E-state index in [0.29, 0.717) is 11.3 Å². The molecule has 0 aromatic heterocycles. The normalized spacial score (nSPS) is 11.1. The van der Waals surface area contributed by atoms with Crippen molar-refractivity contribution in [3.63, 3.8) is 0 Å². The molecule has 4 nitrogen and oxygen atoms in total. The van der Waals surface area contributed by atoms with Crippen molar-refractivity contribution in [1.29, 1.82) is 0 Å². The molecular weight excluding hydrogens is 252 g/mol. The Hall–Kier alpha value is -1.07. The fraction of sp³-hybridized carbons (Fsp3) is 0.300. The van der Waals surface area contributed by atoms with E-state index in [1.807, 2.05) is 0 Å². The largest absolute Gasteiger partial charge is 0.497 e. The molecule has 6 heteroatoms. The fourth-order valence-corrected chi connectivity index (χ4v) is 1.82. The molecule has 0 saturated heterocycles. The summed E-state index contributed by atoms with van der Waals surface area (Å²) in [6.07, 6.45) is -0.126. The van der Waals surface area contributed by atoms with Gasteiger partial charge in [0.15, 0.2) is 5.78 Å². The number of carbonyl (C=O) groups is 1. The lowest BCUT2D eigenvalue weighted by Crippen LogP contribution is -2.06. The molecule has 0 heterocycles. The van der Waals surface area contributed by atoms with Crippen molar-refractivity contribution < 1.29 is 17.9 Å². The van der Waals surface area contributed by atoms with Crippen LogP contribution in [0.5, 0.6) is 5.75 Å². The third-order valence-electron chi connectivity index (χ3n) is 1.96. The van der Waals surface area contributed by atoms with E-state index in [-0.39, 0.29) is 18.0 Å². The second-order valence-corrected chi connectivity index (χ2v) is 6.04. The summed E-state index contributed by atoms with van der Waals surface area (Å²) in [6.45, 7) is 0. The van der Waals surface area contributed by atoms with Crippen molar-refractivity contribution in [2.75, 3.05) is 12.9 Å². The van der Waals surface area contributed by atoms with Crippen LogP contribution in [0.4, 0.5) is 0 Å². The third-order valence-corrected chi connectivity index (χ3v) is 3.12.